The van der Waals surface area contributed by atoms with E-state index in [0.717, 1.165) is 38.8 Å². The third-order valence-corrected chi connectivity index (χ3v) is 4.86. The van der Waals surface area contributed by atoms with Gasteiger partial charge in [0.2, 0.25) is 0 Å². The van der Waals surface area contributed by atoms with Gasteiger partial charge in [-0.15, -0.1) is 0 Å². The van der Waals surface area contributed by atoms with Crippen molar-refractivity contribution in [3.8, 4) is 0 Å². The smallest absolute Gasteiger partial charge is 0.314 e. The van der Waals surface area contributed by atoms with Crippen LogP contribution in [0.3, 0.4) is 0 Å². The largest absolute Gasteiger partial charge is 0.466 e. The number of carbonyl (C=O) groups excluding carboxylic acids is 1. The Balaban J connectivity index is 1.99. The molecule has 2 aliphatic heterocycles. The topological polar surface area (TPSA) is 29.5 Å². The van der Waals surface area contributed by atoms with E-state index in [9.17, 15) is 4.79 Å². The number of rotatable bonds is 2. The molecule has 0 aromatic rings. The minimum absolute atomic E-state index is 0.0547. The van der Waals surface area contributed by atoms with Crippen LogP contribution in [0.1, 0.15) is 39.5 Å². The van der Waals surface area contributed by atoms with Gasteiger partial charge in [0.15, 0.2) is 0 Å². The second kappa shape index (κ2) is 4.37. The van der Waals surface area contributed by atoms with Gasteiger partial charge in [-0.3, -0.25) is 9.69 Å². The summed E-state index contributed by atoms with van der Waals surface area (Å²) in [6.07, 6.45) is 6.67. The molecule has 1 aliphatic carbocycles. The van der Waals surface area contributed by atoms with E-state index in [1.807, 2.05) is 6.92 Å². The number of ether oxygens (including phenoxy) is 1. The molecule has 0 bridgehead atoms. The number of esters is 1. The normalized spacial score (nSPS) is 39.1. The predicted molar refractivity (Wildman–Crippen MR) is 70.1 cm³/mol. The second-order valence-electron chi connectivity index (χ2n) is 6.09. The number of hydrogen-bond donors (Lipinski definition) is 0. The third kappa shape index (κ3) is 1.63. The van der Waals surface area contributed by atoms with Crippen LogP contribution < -0.4 is 0 Å². The third-order valence-electron chi connectivity index (χ3n) is 4.86. The van der Waals surface area contributed by atoms with E-state index < -0.39 is 0 Å². The summed E-state index contributed by atoms with van der Waals surface area (Å²) in [6, 6.07) is 0.349. The Morgan fingerprint density at radius 1 is 1.56 bits per heavy atom. The molecule has 0 aromatic heterocycles. The molecule has 0 aromatic carbocycles. The number of allylic oxidation sites excluding steroid dienone is 1. The van der Waals surface area contributed by atoms with Crippen molar-refractivity contribution < 1.29 is 9.53 Å². The van der Waals surface area contributed by atoms with Gasteiger partial charge in [-0.2, -0.15) is 0 Å². The molecular formula is C15H23NO2. The summed E-state index contributed by atoms with van der Waals surface area (Å²) in [7, 11) is 0. The SMILES string of the molecule is CCOC(=O)[C@]12CCCN3CCC(=C[C@@H](C)C1)[C@H]32. The number of nitrogens with zero attached hydrogens (tertiary/aromatic N) is 1. The van der Waals surface area contributed by atoms with Gasteiger partial charge in [-0.05, 0) is 45.1 Å². The van der Waals surface area contributed by atoms with Gasteiger partial charge < -0.3 is 4.74 Å². The number of hydrogen-bond acceptors (Lipinski definition) is 3. The zero-order valence-electron chi connectivity index (χ0n) is 11.4. The Hall–Kier alpha value is -0.830. The molecule has 3 nitrogen and oxygen atoms in total. The van der Waals surface area contributed by atoms with Gasteiger partial charge in [-0.1, -0.05) is 18.6 Å². The average molecular weight is 249 g/mol. The van der Waals surface area contributed by atoms with Gasteiger partial charge in [-0.25, -0.2) is 0 Å². The van der Waals surface area contributed by atoms with Gasteiger partial charge in [0.25, 0.3) is 0 Å². The lowest BCUT2D eigenvalue weighted by atomic mass is 9.63. The Bertz CT molecular complexity index is 390. The molecular weight excluding hydrogens is 226 g/mol. The van der Waals surface area contributed by atoms with E-state index in [-0.39, 0.29) is 11.4 Å². The first-order valence-corrected chi connectivity index (χ1v) is 7.29. The highest BCUT2D eigenvalue weighted by Crippen LogP contribution is 2.51. The maximum absolute atomic E-state index is 12.5. The maximum atomic E-state index is 12.5. The minimum atomic E-state index is -0.242. The first-order chi connectivity index (χ1) is 8.67. The molecule has 3 atom stereocenters. The average Bonchev–Trinajstić information content (AvgIpc) is 2.74. The van der Waals surface area contributed by atoms with Crippen molar-refractivity contribution in [2.24, 2.45) is 11.3 Å². The van der Waals surface area contributed by atoms with Crippen LogP contribution in [0, 0.1) is 11.3 Å². The fraction of sp³-hybridized carbons (Fsp3) is 0.800. The van der Waals surface area contributed by atoms with Crippen LogP contribution in [-0.4, -0.2) is 36.6 Å². The molecule has 0 saturated carbocycles. The van der Waals surface area contributed by atoms with E-state index in [0.29, 0.717) is 18.6 Å². The second-order valence-corrected chi connectivity index (χ2v) is 6.09. The molecule has 2 saturated heterocycles. The molecule has 100 valence electrons. The van der Waals surface area contributed by atoms with Crippen molar-refractivity contribution in [2.75, 3.05) is 19.7 Å². The first kappa shape index (κ1) is 12.2. The van der Waals surface area contributed by atoms with Gasteiger partial charge >= 0.3 is 5.97 Å². The van der Waals surface area contributed by atoms with E-state index in [4.69, 9.17) is 4.74 Å². The summed E-state index contributed by atoms with van der Waals surface area (Å²) in [5.74, 6) is 0.567. The monoisotopic (exact) mass is 249 g/mol. The summed E-state index contributed by atoms with van der Waals surface area (Å²) in [5, 5.41) is 0. The highest BCUT2D eigenvalue weighted by Gasteiger charge is 2.56. The molecule has 0 amide bonds. The summed E-state index contributed by atoms with van der Waals surface area (Å²) in [4.78, 5) is 15.1. The highest BCUT2D eigenvalue weighted by molar-refractivity contribution is 5.79. The fourth-order valence-electron chi connectivity index (χ4n) is 4.41. The van der Waals surface area contributed by atoms with Crippen LogP contribution in [-0.2, 0) is 9.53 Å². The van der Waals surface area contributed by atoms with E-state index in [1.54, 1.807) is 0 Å². The summed E-state index contributed by atoms with van der Waals surface area (Å²) < 4.78 is 5.42. The summed E-state index contributed by atoms with van der Waals surface area (Å²) in [5.41, 5.74) is 1.26. The van der Waals surface area contributed by atoms with Crippen molar-refractivity contribution in [1.29, 1.82) is 0 Å². The molecule has 0 spiro atoms. The van der Waals surface area contributed by atoms with Crippen molar-refractivity contribution in [3.05, 3.63) is 11.6 Å². The minimum Gasteiger partial charge on any atom is -0.466 e. The van der Waals surface area contributed by atoms with Gasteiger partial charge in [0, 0.05) is 12.6 Å². The quantitative estimate of drug-likeness (QED) is 0.556. The van der Waals surface area contributed by atoms with Crippen molar-refractivity contribution in [2.45, 2.75) is 45.6 Å². The van der Waals surface area contributed by atoms with Crippen LogP contribution >= 0.6 is 0 Å². The molecule has 3 heteroatoms. The molecule has 0 N–H and O–H groups in total. The van der Waals surface area contributed by atoms with Gasteiger partial charge in [0.05, 0.1) is 12.0 Å². The van der Waals surface area contributed by atoms with E-state index in [1.165, 1.54) is 5.57 Å². The summed E-state index contributed by atoms with van der Waals surface area (Å²) in [6.45, 7) is 6.93. The van der Waals surface area contributed by atoms with Crippen LogP contribution in [0.5, 0.6) is 0 Å². The molecule has 3 aliphatic rings. The zero-order chi connectivity index (χ0) is 12.8. The van der Waals surface area contributed by atoms with Gasteiger partial charge in [0.1, 0.15) is 0 Å². The fourth-order valence-corrected chi connectivity index (χ4v) is 4.41. The standard InChI is InChI=1S/C15H23NO2/c1-3-18-14(17)15-6-4-7-16-8-5-12(13(15)16)9-11(2)10-15/h9,11,13H,3-8,10H2,1-2H3/t11-,13+,15-/m1/s1. The lowest BCUT2D eigenvalue weighted by Crippen LogP contribution is -2.56. The summed E-state index contributed by atoms with van der Waals surface area (Å²) >= 11 is 0. The van der Waals surface area contributed by atoms with Crippen molar-refractivity contribution in [3.63, 3.8) is 0 Å². The molecule has 2 fully saturated rings. The molecule has 2 heterocycles. The Kier molecular flexibility index (Phi) is 2.97. The molecule has 0 radical (unpaired) electrons. The highest BCUT2D eigenvalue weighted by atomic mass is 16.5. The maximum Gasteiger partial charge on any atom is 0.314 e. The number of piperidine rings is 1. The predicted octanol–water partition coefficient (Wildman–Crippen LogP) is 2.37. The number of carbonyl (C=O) groups is 1. The van der Waals surface area contributed by atoms with E-state index >= 15 is 0 Å². The van der Waals surface area contributed by atoms with Crippen molar-refractivity contribution in [1.82, 2.24) is 4.90 Å². The van der Waals surface area contributed by atoms with Crippen LogP contribution in [0.2, 0.25) is 0 Å². The molecule has 18 heavy (non-hydrogen) atoms. The lowest BCUT2D eigenvalue weighted by Gasteiger charge is -2.48. The first-order valence-electron chi connectivity index (χ1n) is 7.29. The Morgan fingerprint density at radius 2 is 2.39 bits per heavy atom. The van der Waals surface area contributed by atoms with Crippen LogP contribution in [0.15, 0.2) is 11.6 Å². The van der Waals surface area contributed by atoms with Crippen LogP contribution in [0.4, 0.5) is 0 Å². The van der Waals surface area contributed by atoms with Crippen molar-refractivity contribution >= 4 is 5.97 Å². The molecule has 0 unspecified atom stereocenters. The molecule has 3 rings (SSSR count). The van der Waals surface area contributed by atoms with Crippen LogP contribution in [0.25, 0.3) is 0 Å². The lowest BCUT2D eigenvalue weighted by molar-refractivity contribution is -0.163. The Morgan fingerprint density at radius 3 is 3.17 bits per heavy atom. The van der Waals surface area contributed by atoms with E-state index in [2.05, 4.69) is 17.9 Å². The zero-order valence-corrected chi connectivity index (χ0v) is 11.4. The Labute approximate surface area is 109 Å².